The zero-order valence-electron chi connectivity index (χ0n) is 9.65. The van der Waals surface area contributed by atoms with Crippen molar-refractivity contribution in [3.8, 4) is 0 Å². The quantitative estimate of drug-likeness (QED) is 0.846. The number of anilines is 1. The third kappa shape index (κ3) is 1.85. The summed E-state index contributed by atoms with van der Waals surface area (Å²) in [6.07, 6.45) is 0.630. The molecule has 0 radical (unpaired) electrons. The third-order valence-corrected chi connectivity index (χ3v) is 3.17. The van der Waals surface area contributed by atoms with Gasteiger partial charge in [0.15, 0.2) is 0 Å². The zero-order chi connectivity index (χ0) is 12.5. The molecule has 6 nitrogen and oxygen atoms in total. The molecule has 1 N–H and O–H groups in total. The predicted octanol–water partition coefficient (Wildman–Crippen LogP) is 0.936. The Balaban J connectivity index is 1.89. The summed E-state index contributed by atoms with van der Waals surface area (Å²) in [6, 6.07) is 7.50. The normalized spacial score (nSPS) is 19.3. The lowest BCUT2D eigenvalue weighted by Gasteiger charge is -2.14. The van der Waals surface area contributed by atoms with E-state index in [2.05, 4.69) is 15.2 Å². The molecule has 18 heavy (non-hydrogen) atoms. The number of nitrogens with zero attached hydrogens (tertiary/aromatic N) is 4. The van der Waals surface area contributed by atoms with Crippen LogP contribution in [0.1, 0.15) is 6.42 Å². The van der Waals surface area contributed by atoms with Crippen molar-refractivity contribution in [2.75, 3.05) is 18.0 Å². The topological polar surface area (TPSA) is 79.2 Å². The highest BCUT2D eigenvalue weighted by Crippen LogP contribution is 2.21. The predicted molar refractivity (Wildman–Crippen MR) is 65.3 cm³/mol. The van der Waals surface area contributed by atoms with Crippen LogP contribution in [0.2, 0.25) is 0 Å². The summed E-state index contributed by atoms with van der Waals surface area (Å²) in [5, 5.41) is 17.1. The first-order valence-electron chi connectivity index (χ1n) is 5.81. The number of carboxylic acid groups (broad SMARTS) is 1. The van der Waals surface area contributed by atoms with Crippen LogP contribution >= 0.6 is 0 Å². The Hall–Kier alpha value is -2.24. The fourth-order valence-corrected chi connectivity index (χ4v) is 2.15. The summed E-state index contributed by atoms with van der Waals surface area (Å²) >= 11 is 0. The fourth-order valence-electron chi connectivity index (χ4n) is 2.15. The van der Waals surface area contributed by atoms with Gasteiger partial charge >= 0.3 is 5.97 Å². The highest BCUT2D eigenvalue weighted by molar-refractivity contribution is 5.75. The minimum Gasteiger partial charge on any atom is -0.481 e. The molecule has 1 aliphatic rings. The molecule has 92 valence electrons. The molecule has 1 atom stereocenters. The Morgan fingerprint density at radius 3 is 2.78 bits per heavy atom. The molecule has 0 amide bonds. The Kier molecular flexibility index (Phi) is 2.55. The largest absolute Gasteiger partial charge is 0.481 e. The summed E-state index contributed by atoms with van der Waals surface area (Å²) < 4.78 is 0. The second-order valence-corrected chi connectivity index (χ2v) is 4.37. The summed E-state index contributed by atoms with van der Waals surface area (Å²) in [5.41, 5.74) is 1.52. The average Bonchev–Trinajstić information content (AvgIpc) is 2.88. The molecule has 1 unspecified atom stereocenters. The molecular formula is C12H12N4O2. The summed E-state index contributed by atoms with van der Waals surface area (Å²) in [7, 11) is 0. The van der Waals surface area contributed by atoms with E-state index in [0.717, 1.165) is 11.0 Å². The van der Waals surface area contributed by atoms with E-state index in [1.165, 1.54) is 0 Å². The van der Waals surface area contributed by atoms with Crippen molar-refractivity contribution in [3.05, 3.63) is 24.3 Å². The van der Waals surface area contributed by atoms with Gasteiger partial charge in [-0.05, 0) is 18.6 Å². The van der Waals surface area contributed by atoms with Gasteiger partial charge in [-0.1, -0.05) is 12.1 Å². The lowest BCUT2D eigenvalue weighted by molar-refractivity contribution is -0.140. The molecular weight excluding hydrogens is 232 g/mol. The van der Waals surface area contributed by atoms with Gasteiger partial charge in [0.1, 0.15) is 5.52 Å². The number of aromatic nitrogens is 3. The molecule has 0 bridgehead atoms. The van der Waals surface area contributed by atoms with Crippen LogP contribution in [0.15, 0.2) is 24.3 Å². The average molecular weight is 244 g/mol. The summed E-state index contributed by atoms with van der Waals surface area (Å²) in [5.74, 6) is -0.580. The van der Waals surface area contributed by atoms with Gasteiger partial charge in [0.2, 0.25) is 5.95 Å². The molecule has 1 aliphatic heterocycles. The van der Waals surface area contributed by atoms with E-state index in [0.29, 0.717) is 25.5 Å². The second kappa shape index (κ2) is 4.21. The standard InChI is InChI=1S/C12H12N4O2/c17-11(18)8-5-6-16(7-8)12-13-9-3-1-2-4-10(9)14-15-12/h1-4,8H,5-7H2,(H,17,18). The van der Waals surface area contributed by atoms with Crippen LogP contribution in [0.4, 0.5) is 5.95 Å². The number of hydrogen-bond acceptors (Lipinski definition) is 5. The molecule has 2 aromatic rings. The van der Waals surface area contributed by atoms with Gasteiger partial charge in [0.25, 0.3) is 0 Å². The van der Waals surface area contributed by atoms with Crippen LogP contribution in [0, 0.1) is 5.92 Å². The van der Waals surface area contributed by atoms with Crippen LogP contribution in [0.3, 0.4) is 0 Å². The number of carboxylic acids is 1. The highest BCUT2D eigenvalue weighted by Gasteiger charge is 2.29. The van der Waals surface area contributed by atoms with Crippen molar-refractivity contribution in [2.45, 2.75) is 6.42 Å². The number of para-hydroxylation sites is 1. The van der Waals surface area contributed by atoms with Gasteiger partial charge in [0.05, 0.1) is 11.4 Å². The lowest BCUT2D eigenvalue weighted by Crippen LogP contribution is -2.24. The first kappa shape index (κ1) is 10.9. The molecule has 0 saturated carbocycles. The van der Waals surface area contributed by atoms with Crippen molar-refractivity contribution in [3.63, 3.8) is 0 Å². The molecule has 1 aromatic heterocycles. The summed E-state index contributed by atoms with van der Waals surface area (Å²) in [4.78, 5) is 17.2. The van der Waals surface area contributed by atoms with Crippen molar-refractivity contribution < 1.29 is 9.90 Å². The van der Waals surface area contributed by atoms with Gasteiger partial charge in [-0.25, -0.2) is 4.98 Å². The van der Waals surface area contributed by atoms with Crippen LogP contribution < -0.4 is 4.90 Å². The van der Waals surface area contributed by atoms with Gasteiger partial charge in [-0.3, -0.25) is 4.79 Å². The van der Waals surface area contributed by atoms with Crippen molar-refractivity contribution >= 4 is 23.0 Å². The van der Waals surface area contributed by atoms with E-state index in [1.54, 1.807) is 0 Å². The molecule has 1 aromatic carbocycles. The monoisotopic (exact) mass is 244 g/mol. The van der Waals surface area contributed by atoms with Crippen molar-refractivity contribution in [1.82, 2.24) is 15.2 Å². The maximum atomic E-state index is 10.9. The summed E-state index contributed by atoms with van der Waals surface area (Å²) in [6.45, 7) is 1.12. The molecule has 2 heterocycles. The van der Waals surface area contributed by atoms with Crippen LogP contribution in [0.25, 0.3) is 11.0 Å². The third-order valence-electron chi connectivity index (χ3n) is 3.17. The second-order valence-electron chi connectivity index (χ2n) is 4.37. The van der Waals surface area contributed by atoms with Crippen molar-refractivity contribution in [2.24, 2.45) is 5.92 Å². The van der Waals surface area contributed by atoms with Crippen LogP contribution in [-0.4, -0.2) is 39.3 Å². The number of fused-ring (bicyclic) bond motifs is 1. The van der Waals surface area contributed by atoms with Gasteiger partial charge in [0, 0.05) is 13.1 Å². The van der Waals surface area contributed by atoms with E-state index in [1.807, 2.05) is 29.2 Å². The maximum Gasteiger partial charge on any atom is 0.308 e. The number of hydrogen-bond donors (Lipinski definition) is 1. The smallest absolute Gasteiger partial charge is 0.308 e. The Labute approximate surface area is 103 Å². The minimum absolute atomic E-state index is 0.333. The molecule has 0 aliphatic carbocycles. The van der Waals surface area contributed by atoms with Gasteiger partial charge in [-0.2, -0.15) is 0 Å². The van der Waals surface area contributed by atoms with E-state index in [-0.39, 0.29) is 5.92 Å². The van der Waals surface area contributed by atoms with E-state index in [9.17, 15) is 4.79 Å². The van der Waals surface area contributed by atoms with Gasteiger partial charge in [-0.15, -0.1) is 10.2 Å². The number of aliphatic carboxylic acids is 1. The van der Waals surface area contributed by atoms with E-state index < -0.39 is 5.97 Å². The van der Waals surface area contributed by atoms with Crippen LogP contribution in [0.5, 0.6) is 0 Å². The molecule has 3 rings (SSSR count). The SMILES string of the molecule is O=C(O)C1CCN(c2nnc3ccccc3n2)C1. The molecule has 0 spiro atoms. The Bertz CT molecular complexity index is 601. The maximum absolute atomic E-state index is 10.9. The molecule has 1 fully saturated rings. The fraction of sp³-hybridized carbons (Fsp3) is 0.333. The zero-order valence-corrected chi connectivity index (χ0v) is 9.65. The van der Waals surface area contributed by atoms with E-state index >= 15 is 0 Å². The first-order chi connectivity index (χ1) is 8.74. The minimum atomic E-state index is -0.758. The Morgan fingerprint density at radius 1 is 1.28 bits per heavy atom. The van der Waals surface area contributed by atoms with Crippen LogP contribution in [-0.2, 0) is 4.79 Å². The number of carbonyl (C=O) groups is 1. The number of rotatable bonds is 2. The number of benzene rings is 1. The molecule has 6 heteroatoms. The van der Waals surface area contributed by atoms with E-state index in [4.69, 9.17) is 5.11 Å². The Morgan fingerprint density at radius 2 is 2.06 bits per heavy atom. The van der Waals surface area contributed by atoms with Gasteiger partial charge < -0.3 is 10.0 Å². The highest BCUT2D eigenvalue weighted by atomic mass is 16.4. The molecule has 1 saturated heterocycles. The first-order valence-corrected chi connectivity index (χ1v) is 5.81. The lowest BCUT2D eigenvalue weighted by atomic mass is 10.1. The van der Waals surface area contributed by atoms with Crippen molar-refractivity contribution in [1.29, 1.82) is 0 Å².